The molecule has 3 N–H and O–H groups in total. The topological polar surface area (TPSA) is 87.1 Å². The normalized spacial score (nSPS) is 10.4. The summed E-state index contributed by atoms with van der Waals surface area (Å²) in [4.78, 5) is 19.4. The first kappa shape index (κ1) is 21.7. The quantitative estimate of drug-likeness (QED) is 0.484. The van der Waals surface area contributed by atoms with Gasteiger partial charge < -0.3 is 15.7 Å². The molecule has 0 saturated carbocycles. The van der Waals surface area contributed by atoms with Crippen molar-refractivity contribution >= 4 is 17.4 Å². The SMILES string of the molecule is C=C(NCc1ccc(C(=O)O)cc1)c1cc(C(=C)NCc2ccc(F)c(C)c2)ncn1. The predicted octanol–water partition coefficient (Wildman–Crippen LogP) is 4.14. The number of aromatic nitrogens is 2. The molecule has 1 heterocycles. The molecule has 0 radical (unpaired) electrons. The summed E-state index contributed by atoms with van der Waals surface area (Å²) < 4.78 is 13.4. The van der Waals surface area contributed by atoms with Crippen LogP contribution in [0, 0.1) is 12.7 Å². The molecule has 0 aliphatic rings. The fraction of sp³-hybridized carbons (Fsp3) is 0.125. The monoisotopic (exact) mass is 418 g/mol. The second-order valence-corrected chi connectivity index (χ2v) is 7.04. The summed E-state index contributed by atoms with van der Waals surface area (Å²) in [5, 5.41) is 15.3. The summed E-state index contributed by atoms with van der Waals surface area (Å²) in [6, 6.07) is 13.3. The van der Waals surface area contributed by atoms with E-state index in [1.165, 1.54) is 12.4 Å². The van der Waals surface area contributed by atoms with E-state index in [1.807, 2.05) is 0 Å². The number of carboxylic acids is 1. The van der Waals surface area contributed by atoms with Crippen molar-refractivity contribution in [3.05, 3.63) is 107 Å². The first-order chi connectivity index (χ1) is 14.8. The predicted molar refractivity (Wildman–Crippen MR) is 118 cm³/mol. The lowest BCUT2D eigenvalue weighted by molar-refractivity contribution is 0.0697. The number of benzene rings is 2. The number of aryl methyl sites for hydroxylation is 1. The van der Waals surface area contributed by atoms with Crippen molar-refractivity contribution in [2.75, 3.05) is 0 Å². The van der Waals surface area contributed by atoms with Gasteiger partial charge >= 0.3 is 5.97 Å². The molecular weight excluding hydrogens is 395 g/mol. The Hall–Kier alpha value is -4.00. The van der Waals surface area contributed by atoms with Crippen molar-refractivity contribution in [1.29, 1.82) is 0 Å². The molecule has 158 valence electrons. The van der Waals surface area contributed by atoms with Crippen LogP contribution in [0.3, 0.4) is 0 Å². The van der Waals surface area contributed by atoms with Crippen LogP contribution in [-0.2, 0) is 13.1 Å². The molecule has 3 rings (SSSR count). The molecule has 7 heteroatoms. The molecular formula is C24H23FN4O2. The average Bonchev–Trinajstić information content (AvgIpc) is 2.78. The van der Waals surface area contributed by atoms with Gasteiger partial charge in [-0.15, -0.1) is 0 Å². The Morgan fingerprint density at radius 2 is 1.48 bits per heavy atom. The molecule has 2 aromatic carbocycles. The fourth-order valence-electron chi connectivity index (χ4n) is 2.87. The van der Waals surface area contributed by atoms with E-state index in [9.17, 15) is 9.18 Å². The molecule has 1 aromatic heterocycles. The zero-order valence-corrected chi connectivity index (χ0v) is 17.2. The van der Waals surface area contributed by atoms with Crippen molar-refractivity contribution in [1.82, 2.24) is 20.6 Å². The highest BCUT2D eigenvalue weighted by molar-refractivity contribution is 5.87. The second-order valence-electron chi connectivity index (χ2n) is 7.04. The molecule has 31 heavy (non-hydrogen) atoms. The van der Waals surface area contributed by atoms with E-state index < -0.39 is 5.97 Å². The van der Waals surface area contributed by atoms with Crippen LogP contribution in [0.2, 0.25) is 0 Å². The van der Waals surface area contributed by atoms with Crippen molar-refractivity contribution in [2.45, 2.75) is 20.0 Å². The highest BCUT2D eigenvalue weighted by atomic mass is 19.1. The number of hydrogen-bond donors (Lipinski definition) is 3. The van der Waals surface area contributed by atoms with Crippen molar-refractivity contribution in [3.8, 4) is 0 Å². The third kappa shape index (κ3) is 5.76. The van der Waals surface area contributed by atoms with Gasteiger partial charge in [0.15, 0.2) is 0 Å². The molecule has 3 aromatic rings. The van der Waals surface area contributed by atoms with E-state index in [-0.39, 0.29) is 11.4 Å². The van der Waals surface area contributed by atoms with Crippen molar-refractivity contribution < 1.29 is 14.3 Å². The Bertz CT molecular complexity index is 1130. The minimum Gasteiger partial charge on any atom is -0.478 e. The zero-order valence-electron chi connectivity index (χ0n) is 17.2. The molecule has 0 fully saturated rings. The van der Waals surface area contributed by atoms with Crippen LogP contribution in [0.4, 0.5) is 4.39 Å². The maximum atomic E-state index is 13.4. The maximum absolute atomic E-state index is 13.4. The Labute approximate surface area is 180 Å². The third-order valence-corrected chi connectivity index (χ3v) is 4.72. The summed E-state index contributed by atoms with van der Waals surface area (Å²) in [5.41, 5.74) is 5.15. The fourth-order valence-corrected chi connectivity index (χ4v) is 2.87. The van der Waals surface area contributed by atoms with Gasteiger partial charge in [-0.3, -0.25) is 0 Å². The molecule has 0 bridgehead atoms. The molecule has 0 aliphatic heterocycles. The molecule has 0 aliphatic carbocycles. The van der Waals surface area contributed by atoms with Gasteiger partial charge in [0, 0.05) is 13.1 Å². The molecule has 0 atom stereocenters. The van der Waals surface area contributed by atoms with Crippen LogP contribution in [0.5, 0.6) is 0 Å². The summed E-state index contributed by atoms with van der Waals surface area (Å²) in [7, 11) is 0. The number of carboxylic acid groups (broad SMARTS) is 1. The molecule has 6 nitrogen and oxygen atoms in total. The molecule has 0 amide bonds. The number of halogens is 1. The first-order valence-corrected chi connectivity index (χ1v) is 9.59. The number of nitrogens with one attached hydrogen (secondary N) is 2. The van der Waals surface area contributed by atoms with Gasteiger partial charge in [-0.2, -0.15) is 0 Å². The number of rotatable bonds is 9. The lowest BCUT2D eigenvalue weighted by atomic mass is 10.1. The summed E-state index contributed by atoms with van der Waals surface area (Å²) >= 11 is 0. The smallest absolute Gasteiger partial charge is 0.335 e. The van der Waals surface area contributed by atoms with Crippen LogP contribution in [0.15, 0.2) is 68.0 Å². The number of carbonyl (C=O) groups is 1. The largest absolute Gasteiger partial charge is 0.478 e. The highest BCUT2D eigenvalue weighted by Crippen LogP contribution is 2.14. The first-order valence-electron chi connectivity index (χ1n) is 9.59. The Balaban J connectivity index is 1.59. The van der Waals surface area contributed by atoms with E-state index >= 15 is 0 Å². The molecule has 0 spiro atoms. The summed E-state index contributed by atoms with van der Waals surface area (Å²) in [5.74, 6) is -1.19. The molecule has 0 unspecified atom stereocenters. The third-order valence-electron chi connectivity index (χ3n) is 4.72. The van der Waals surface area contributed by atoms with Crippen molar-refractivity contribution in [2.24, 2.45) is 0 Å². The minimum atomic E-state index is -0.958. The Morgan fingerprint density at radius 3 is 2.03 bits per heavy atom. The lowest BCUT2D eigenvalue weighted by Crippen LogP contribution is -2.15. The van der Waals surface area contributed by atoms with Crippen LogP contribution in [0.1, 0.15) is 38.4 Å². The van der Waals surface area contributed by atoms with Gasteiger partial charge in [0.1, 0.15) is 12.1 Å². The number of hydrogen-bond acceptors (Lipinski definition) is 5. The highest BCUT2D eigenvalue weighted by Gasteiger charge is 2.07. The standard InChI is InChI=1S/C24H23FN4O2/c1-15-10-19(6-9-21(15)25)13-27-17(3)23-11-22(28-14-29-23)16(2)26-12-18-4-7-20(8-5-18)24(30)31/h4-11,14,26-27H,2-3,12-13H2,1H3,(H,30,31). The number of aromatic carboxylic acids is 1. The van der Waals surface area contributed by atoms with E-state index in [2.05, 4.69) is 33.8 Å². The summed E-state index contributed by atoms with van der Waals surface area (Å²) in [6.07, 6.45) is 1.44. The van der Waals surface area contributed by atoms with Crippen molar-refractivity contribution in [3.63, 3.8) is 0 Å². The van der Waals surface area contributed by atoms with Gasteiger partial charge in [0.05, 0.1) is 28.3 Å². The average molecular weight is 418 g/mol. The van der Waals surface area contributed by atoms with Gasteiger partial charge in [0.25, 0.3) is 0 Å². The van der Waals surface area contributed by atoms with Crippen LogP contribution < -0.4 is 10.6 Å². The second kappa shape index (κ2) is 9.67. The van der Waals surface area contributed by atoms with Gasteiger partial charge in [-0.05, 0) is 47.9 Å². The Kier molecular flexibility index (Phi) is 6.77. The zero-order chi connectivity index (χ0) is 22.4. The maximum Gasteiger partial charge on any atom is 0.335 e. The van der Waals surface area contributed by atoms with Crippen LogP contribution in [0.25, 0.3) is 11.4 Å². The van der Waals surface area contributed by atoms with E-state index in [1.54, 1.807) is 49.4 Å². The Morgan fingerprint density at radius 1 is 0.935 bits per heavy atom. The van der Waals surface area contributed by atoms with Crippen LogP contribution >= 0.6 is 0 Å². The molecule has 0 saturated heterocycles. The number of nitrogens with zero attached hydrogens (tertiary/aromatic N) is 2. The van der Waals surface area contributed by atoms with E-state index in [4.69, 9.17) is 5.11 Å². The minimum absolute atomic E-state index is 0.230. The van der Waals surface area contributed by atoms with Gasteiger partial charge in [-0.25, -0.2) is 19.2 Å². The van der Waals surface area contributed by atoms with E-state index in [0.717, 1.165) is 11.1 Å². The van der Waals surface area contributed by atoms with Crippen LogP contribution in [-0.4, -0.2) is 21.0 Å². The van der Waals surface area contributed by atoms with Gasteiger partial charge in [-0.1, -0.05) is 37.4 Å². The van der Waals surface area contributed by atoms with E-state index in [0.29, 0.717) is 41.4 Å². The summed E-state index contributed by atoms with van der Waals surface area (Å²) in [6.45, 7) is 10.7. The van der Waals surface area contributed by atoms with Gasteiger partial charge in [0.2, 0.25) is 0 Å². The lowest BCUT2D eigenvalue weighted by Gasteiger charge is -2.13.